The molecule has 0 fully saturated rings. The first-order chi connectivity index (χ1) is 8.29. The monoisotopic (exact) mass is 251 g/mol. The molecule has 0 aliphatic heterocycles. The van der Waals surface area contributed by atoms with Gasteiger partial charge in [-0.25, -0.2) is 4.79 Å². The van der Waals surface area contributed by atoms with Gasteiger partial charge in [0.2, 0.25) is 0 Å². The third-order valence-corrected chi connectivity index (χ3v) is 2.00. The van der Waals surface area contributed by atoms with Gasteiger partial charge in [0.15, 0.2) is 5.78 Å². The molecular formula is C13H17NO4. The van der Waals surface area contributed by atoms with E-state index in [2.05, 4.69) is 5.32 Å². The van der Waals surface area contributed by atoms with Crippen LogP contribution in [0.2, 0.25) is 0 Å². The van der Waals surface area contributed by atoms with Crippen molar-refractivity contribution in [1.29, 1.82) is 0 Å². The van der Waals surface area contributed by atoms with Crippen molar-refractivity contribution in [2.24, 2.45) is 0 Å². The van der Waals surface area contributed by atoms with Gasteiger partial charge in [-0.1, -0.05) is 12.1 Å². The van der Waals surface area contributed by atoms with E-state index in [0.717, 1.165) is 0 Å². The number of ketones is 1. The first kappa shape index (κ1) is 14.0. The number of rotatable bonds is 3. The van der Waals surface area contributed by atoms with Crippen LogP contribution in [0.5, 0.6) is 5.75 Å². The minimum Gasteiger partial charge on any atom is -0.507 e. The fourth-order valence-electron chi connectivity index (χ4n) is 1.27. The second-order valence-corrected chi connectivity index (χ2v) is 4.80. The minimum atomic E-state index is -0.661. The van der Waals surface area contributed by atoms with E-state index in [0.29, 0.717) is 0 Å². The number of ether oxygens (including phenoxy) is 1. The number of hydrogen-bond acceptors (Lipinski definition) is 4. The molecule has 1 amide bonds. The van der Waals surface area contributed by atoms with E-state index in [9.17, 15) is 14.7 Å². The number of carbonyl (C=O) groups is 2. The number of Topliss-reactive ketones (excluding diaryl/α,β-unsaturated/α-hetero) is 1. The summed E-state index contributed by atoms with van der Waals surface area (Å²) in [5.41, 5.74) is -0.435. The summed E-state index contributed by atoms with van der Waals surface area (Å²) in [6.45, 7) is 4.98. The van der Waals surface area contributed by atoms with Gasteiger partial charge in [0.25, 0.3) is 0 Å². The maximum Gasteiger partial charge on any atom is 0.408 e. The Morgan fingerprint density at radius 3 is 2.44 bits per heavy atom. The average molecular weight is 251 g/mol. The van der Waals surface area contributed by atoms with Crippen molar-refractivity contribution in [3.05, 3.63) is 29.8 Å². The summed E-state index contributed by atoms with van der Waals surface area (Å²) in [7, 11) is 0. The molecule has 0 bridgehead atoms. The number of phenols is 1. The van der Waals surface area contributed by atoms with Crippen LogP contribution in [-0.4, -0.2) is 29.1 Å². The van der Waals surface area contributed by atoms with Crippen molar-refractivity contribution in [3.8, 4) is 5.75 Å². The Kier molecular flexibility index (Phi) is 4.31. The number of benzene rings is 1. The fraction of sp³-hybridized carbons (Fsp3) is 0.385. The first-order valence-corrected chi connectivity index (χ1v) is 5.57. The molecule has 0 radical (unpaired) electrons. The zero-order chi connectivity index (χ0) is 13.8. The Labute approximate surface area is 106 Å². The highest BCUT2D eigenvalue weighted by molar-refractivity contribution is 6.01. The smallest absolute Gasteiger partial charge is 0.408 e. The number of carbonyl (C=O) groups excluding carboxylic acids is 2. The lowest BCUT2D eigenvalue weighted by Crippen LogP contribution is -2.35. The van der Waals surface area contributed by atoms with Crippen LogP contribution in [0.3, 0.4) is 0 Å². The molecule has 0 aliphatic carbocycles. The van der Waals surface area contributed by atoms with E-state index in [1.807, 2.05) is 0 Å². The van der Waals surface area contributed by atoms with E-state index in [-0.39, 0.29) is 23.6 Å². The molecule has 1 aromatic rings. The number of hydrogen-bond donors (Lipinski definition) is 2. The van der Waals surface area contributed by atoms with Crippen LogP contribution in [-0.2, 0) is 4.74 Å². The second-order valence-electron chi connectivity index (χ2n) is 4.80. The van der Waals surface area contributed by atoms with Gasteiger partial charge in [0, 0.05) is 0 Å². The molecule has 18 heavy (non-hydrogen) atoms. The van der Waals surface area contributed by atoms with Crippen LogP contribution in [0.15, 0.2) is 24.3 Å². The van der Waals surface area contributed by atoms with Gasteiger partial charge in [-0.2, -0.15) is 0 Å². The van der Waals surface area contributed by atoms with Gasteiger partial charge in [0.05, 0.1) is 12.1 Å². The van der Waals surface area contributed by atoms with Crippen molar-refractivity contribution in [2.75, 3.05) is 6.54 Å². The zero-order valence-corrected chi connectivity index (χ0v) is 10.7. The topological polar surface area (TPSA) is 75.6 Å². The summed E-state index contributed by atoms with van der Waals surface area (Å²) in [6.07, 6.45) is -0.661. The molecule has 0 aliphatic rings. The summed E-state index contributed by atoms with van der Waals surface area (Å²) in [5.74, 6) is -0.479. The summed E-state index contributed by atoms with van der Waals surface area (Å²) >= 11 is 0. The zero-order valence-electron chi connectivity index (χ0n) is 10.7. The van der Waals surface area contributed by atoms with E-state index in [1.165, 1.54) is 12.1 Å². The van der Waals surface area contributed by atoms with Gasteiger partial charge in [-0.15, -0.1) is 0 Å². The molecular weight excluding hydrogens is 234 g/mol. The van der Waals surface area contributed by atoms with Crippen molar-refractivity contribution in [2.45, 2.75) is 26.4 Å². The Bertz CT molecular complexity index is 449. The first-order valence-electron chi connectivity index (χ1n) is 5.57. The van der Waals surface area contributed by atoms with Gasteiger partial charge in [-0.3, -0.25) is 4.79 Å². The van der Waals surface area contributed by atoms with Gasteiger partial charge in [-0.05, 0) is 32.9 Å². The lowest BCUT2D eigenvalue weighted by molar-refractivity contribution is 0.0520. The Morgan fingerprint density at radius 2 is 1.89 bits per heavy atom. The summed E-state index contributed by atoms with van der Waals surface area (Å²) in [4.78, 5) is 23.0. The van der Waals surface area contributed by atoms with Crippen LogP contribution < -0.4 is 5.32 Å². The highest BCUT2D eigenvalue weighted by Crippen LogP contribution is 2.15. The standard InChI is InChI=1S/C13H17NO4/c1-13(2,3)18-12(17)14-8-11(16)9-6-4-5-7-10(9)15/h4-7,15H,8H2,1-3H3,(H,14,17). The molecule has 0 atom stereocenters. The maximum atomic E-state index is 11.7. The maximum absolute atomic E-state index is 11.7. The van der Waals surface area contributed by atoms with E-state index in [4.69, 9.17) is 4.74 Å². The van der Waals surface area contributed by atoms with Crippen molar-refractivity contribution >= 4 is 11.9 Å². The summed E-state index contributed by atoms with van der Waals surface area (Å²) in [6, 6.07) is 6.17. The van der Waals surface area contributed by atoms with Gasteiger partial charge < -0.3 is 15.2 Å². The van der Waals surface area contributed by atoms with Crippen molar-refractivity contribution < 1.29 is 19.4 Å². The van der Waals surface area contributed by atoms with Crippen LogP contribution in [0.4, 0.5) is 4.79 Å². The third-order valence-electron chi connectivity index (χ3n) is 2.00. The lowest BCUT2D eigenvalue weighted by atomic mass is 10.1. The number of aromatic hydroxyl groups is 1. The van der Waals surface area contributed by atoms with E-state index in [1.54, 1.807) is 32.9 Å². The quantitative estimate of drug-likeness (QED) is 0.807. The molecule has 0 unspecified atom stereocenters. The normalized spacial score (nSPS) is 10.8. The largest absolute Gasteiger partial charge is 0.507 e. The molecule has 1 aromatic carbocycles. The Morgan fingerprint density at radius 1 is 1.28 bits per heavy atom. The van der Waals surface area contributed by atoms with Crippen LogP contribution in [0.25, 0.3) is 0 Å². The highest BCUT2D eigenvalue weighted by Gasteiger charge is 2.17. The Hall–Kier alpha value is -2.04. The molecule has 0 spiro atoms. The van der Waals surface area contributed by atoms with Crippen LogP contribution in [0, 0.1) is 0 Å². The lowest BCUT2D eigenvalue weighted by Gasteiger charge is -2.19. The molecule has 5 nitrogen and oxygen atoms in total. The summed E-state index contributed by atoms with van der Waals surface area (Å²) < 4.78 is 4.99. The molecule has 1 rings (SSSR count). The predicted molar refractivity (Wildman–Crippen MR) is 66.7 cm³/mol. The number of nitrogens with one attached hydrogen (secondary N) is 1. The third kappa shape index (κ3) is 4.45. The van der Waals surface area contributed by atoms with Crippen molar-refractivity contribution in [1.82, 2.24) is 5.32 Å². The second kappa shape index (κ2) is 5.53. The van der Waals surface area contributed by atoms with Crippen LogP contribution in [0.1, 0.15) is 31.1 Å². The molecule has 2 N–H and O–H groups in total. The molecule has 0 saturated carbocycles. The van der Waals surface area contributed by atoms with Crippen molar-refractivity contribution in [3.63, 3.8) is 0 Å². The van der Waals surface area contributed by atoms with Gasteiger partial charge >= 0.3 is 6.09 Å². The van der Waals surface area contributed by atoms with E-state index >= 15 is 0 Å². The minimum absolute atomic E-state index is 0.103. The molecule has 98 valence electrons. The molecule has 0 heterocycles. The van der Waals surface area contributed by atoms with Gasteiger partial charge in [0.1, 0.15) is 11.4 Å². The summed E-state index contributed by atoms with van der Waals surface area (Å²) in [5, 5.41) is 11.8. The van der Waals surface area contributed by atoms with E-state index < -0.39 is 11.7 Å². The number of phenolic OH excluding ortho intramolecular Hbond substituents is 1. The number of amides is 1. The number of para-hydroxylation sites is 1. The average Bonchev–Trinajstić information content (AvgIpc) is 2.24. The number of alkyl carbamates (subject to hydrolysis) is 1. The SMILES string of the molecule is CC(C)(C)OC(=O)NCC(=O)c1ccccc1O. The molecule has 5 heteroatoms. The highest BCUT2D eigenvalue weighted by atomic mass is 16.6. The molecule has 0 aromatic heterocycles. The van der Waals surface area contributed by atoms with Crippen LogP contribution >= 0.6 is 0 Å². The molecule has 0 saturated heterocycles. The predicted octanol–water partition coefficient (Wildman–Crippen LogP) is 2.10. The fourth-order valence-corrected chi connectivity index (χ4v) is 1.27. The Balaban J connectivity index is 2.52.